The first-order valence-electron chi connectivity index (χ1n) is 9.95. The molecular weight excluding hydrogens is 410 g/mol. The summed E-state index contributed by atoms with van der Waals surface area (Å²) in [5, 5.41) is 8.14. The second kappa shape index (κ2) is 7.60. The van der Waals surface area contributed by atoms with Crippen molar-refractivity contribution >= 4 is 23.2 Å². The van der Waals surface area contributed by atoms with Crippen LogP contribution >= 0.6 is 11.6 Å². The molecule has 4 aromatic rings. The van der Waals surface area contributed by atoms with Crippen LogP contribution in [0.25, 0.3) is 11.3 Å². The maximum absolute atomic E-state index is 13.5. The molecule has 1 aromatic heterocycles. The van der Waals surface area contributed by atoms with Crippen molar-refractivity contribution in [1.82, 2.24) is 10.2 Å². The molecule has 0 aliphatic carbocycles. The predicted octanol–water partition coefficient (Wildman–Crippen LogP) is 5.80. The van der Waals surface area contributed by atoms with Crippen molar-refractivity contribution in [3.8, 4) is 17.0 Å². The highest BCUT2D eigenvalue weighted by Gasteiger charge is 2.43. The van der Waals surface area contributed by atoms with Gasteiger partial charge < -0.3 is 4.74 Å². The average Bonchev–Trinajstić information content (AvgIpc) is 3.34. The Morgan fingerprint density at radius 1 is 1.03 bits per heavy atom. The zero-order chi connectivity index (χ0) is 21.5. The highest BCUT2D eigenvalue weighted by atomic mass is 35.5. The molecule has 1 atom stereocenters. The molecule has 0 spiro atoms. The number of aromatic nitrogens is 2. The summed E-state index contributed by atoms with van der Waals surface area (Å²) in [6.07, 6.45) is 0. The number of ether oxygens (including phenoxy) is 1. The van der Waals surface area contributed by atoms with Gasteiger partial charge >= 0.3 is 0 Å². The van der Waals surface area contributed by atoms with E-state index >= 15 is 0 Å². The molecule has 0 bridgehead atoms. The Bertz CT molecular complexity index is 1260. The first-order valence-corrected chi connectivity index (χ1v) is 10.3. The number of nitrogens with zero attached hydrogens (tertiary/aromatic N) is 2. The third kappa shape index (κ3) is 3.27. The average molecular weight is 430 g/mol. The number of hydrogen-bond donors (Lipinski definition) is 1. The van der Waals surface area contributed by atoms with Crippen LogP contribution in [0.4, 0.5) is 5.69 Å². The molecule has 5 nitrogen and oxygen atoms in total. The number of methoxy groups -OCH3 is 1. The highest BCUT2D eigenvalue weighted by Crippen LogP contribution is 2.45. The van der Waals surface area contributed by atoms with Gasteiger partial charge in [-0.2, -0.15) is 5.10 Å². The fourth-order valence-corrected chi connectivity index (χ4v) is 4.20. The summed E-state index contributed by atoms with van der Waals surface area (Å²) in [4.78, 5) is 15.3. The van der Waals surface area contributed by atoms with Crippen LogP contribution in [0.2, 0.25) is 5.02 Å². The van der Waals surface area contributed by atoms with E-state index in [9.17, 15) is 4.79 Å². The molecule has 0 saturated heterocycles. The molecule has 0 radical (unpaired) electrons. The fourth-order valence-electron chi connectivity index (χ4n) is 4.07. The Morgan fingerprint density at radius 3 is 2.48 bits per heavy atom. The van der Waals surface area contributed by atoms with Crippen molar-refractivity contribution in [2.24, 2.45) is 0 Å². The number of nitrogens with one attached hydrogen (secondary N) is 1. The van der Waals surface area contributed by atoms with Crippen molar-refractivity contribution in [2.45, 2.75) is 13.0 Å². The van der Waals surface area contributed by atoms with E-state index in [1.807, 2.05) is 84.6 Å². The van der Waals surface area contributed by atoms with Crippen LogP contribution in [0, 0.1) is 6.92 Å². The summed E-state index contributed by atoms with van der Waals surface area (Å²) in [6.45, 7) is 2.03. The third-order valence-corrected chi connectivity index (χ3v) is 5.86. The van der Waals surface area contributed by atoms with Gasteiger partial charge in [0.2, 0.25) is 0 Å². The minimum absolute atomic E-state index is 0.112. The standard InChI is InChI=1S/C25H20ClN3O2/c1-15-6-12-19(13-7-15)29-24(17-4-3-5-20(14-17)31-2)21-22(27-28-23(21)25(29)30)16-8-10-18(26)11-9-16/h3-14,24H,1-2H3,(H,27,28). The van der Waals surface area contributed by atoms with Gasteiger partial charge in [0.1, 0.15) is 11.4 Å². The molecule has 1 N–H and O–H groups in total. The van der Waals surface area contributed by atoms with E-state index in [1.54, 1.807) is 7.11 Å². The van der Waals surface area contributed by atoms with Crippen molar-refractivity contribution < 1.29 is 9.53 Å². The minimum Gasteiger partial charge on any atom is -0.497 e. The fraction of sp³-hybridized carbons (Fsp3) is 0.120. The molecule has 1 aliphatic rings. The van der Waals surface area contributed by atoms with E-state index in [0.29, 0.717) is 10.7 Å². The molecule has 2 heterocycles. The third-order valence-electron chi connectivity index (χ3n) is 5.61. The summed E-state index contributed by atoms with van der Waals surface area (Å²) in [6, 6.07) is 22.9. The number of H-pyrrole nitrogens is 1. The number of carbonyl (C=O) groups excluding carboxylic acids is 1. The van der Waals surface area contributed by atoms with Gasteiger partial charge in [-0.15, -0.1) is 0 Å². The van der Waals surface area contributed by atoms with Crippen LogP contribution in [-0.4, -0.2) is 23.2 Å². The molecule has 31 heavy (non-hydrogen) atoms. The zero-order valence-electron chi connectivity index (χ0n) is 17.1. The molecule has 0 saturated carbocycles. The lowest BCUT2D eigenvalue weighted by molar-refractivity contribution is 0.0988. The minimum atomic E-state index is -0.343. The lowest BCUT2D eigenvalue weighted by atomic mass is 9.95. The van der Waals surface area contributed by atoms with E-state index in [0.717, 1.165) is 39.4 Å². The van der Waals surface area contributed by atoms with Crippen molar-refractivity contribution in [1.29, 1.82) is 0 Å². The molecule has 5 rings (SSSR count). The number of halogens is 1. The summed E-state index contributed by atoms with van der Waals surface area (Å²) < 4.78 is 5.45. The highest BCUT2D eigenvalue weighted by molar-refractivity contribution is 6.30. The van der Waals surface area contributed by atoms with Gasteiger partial charge in [0.25, 0.3) is 5.91 Å². The van der Waals surface area contributed by atoms with Gasteiger partial charge in [0.05, 0.1) is 18.8 Å². The van der Waals surface area contributed by atoms with Crippen LogP contribution < -0.4 is 9.64 Å². The number of aromatic amines is 1. The molecule has 3 aromatic carbocycles. The molecule has 6 heteroatoms. The molecule has 1 aliphatic heterocycles. The number of fused-ring (bicyclic) bond motifs is 1. The van der Waals surface area contributed by atoms with Crippen LogP contribution in [0.15, 0.2) is 72.8 Å². The van der Waals surface area contributed by atoms with Gasteiger partial charge in [-0.05, 0) is 48.9 Å². The molecular formula is C25H20ClN3O2. The maximum atomic E-state index is 13.5. The van der Waals surface area contributed by atoms with Gasteiger partial charge in [-0.25, -0.2) is 0 Å². The summed E-state index contributed by atoms with van der Waals surface area (Å²) >= 11 is 6.08. The number of anilines is 1. The topological polar surface area (TPSA) is 58.2 Å². The Morgan fingerprint density at radius 2 is 1.77 bits per heavy atom. The number of benzene rings is 3. The molecule has 154 valence electrons. The number of hydrogen-bond acceptors (Lipinski definition) is 3. The lowest BCUT2D eigenvalue weighted by Gasteiger charge is -2.27. The molecule has 1 unspecified atom stereocenters. The van der Waals surface area contributed by atoms with Crippen LogP contribution in [0.5, 0.6) is 5.75 Å². The van der Waals surface area contributed by atoms with Crippen molar-refractivity contribution in [2.75, 3.05) is 12.0 Å². The van der Waals surface area contributed by atoms with Crippen molar-refractivity contribution in [3.05, 3.63) is 100 Å². The van der Waals surface area contributed by atoms with Crippen LogP contribution in [0.1, 0.15) is 33.2 Å². The smallest absolute Gasteiger partial charge is 0.277 e. The van der Waals surface area contributed by atoms with E-state index in [1.165, 1.54) is 0 Å². The van der Waals surface area contributed by atoms with E-state index < -0.39 is 0 Å². The van der Waals surface area contributed by atoms with Crippen molar-refractivity contribution in [3.63, 3.8) is 0 Å². The summed E-state index contributed by atoms with van der Waals surface area (Å²) in [7, 11) is 1.64. The number of rotatable bonds is 4. The van der Waals surface area contributed by atoms with Gasteiger partial charge in [-0.3, -0.25) is 14.8 Å². The first-order chi connectivity index (χ1) is 15.1. The zero-order valence-corrected chi connectivity index (χ0v) is 17.9. The summed E-state index contributed by atoms with van der Waals surface area (Å²) in [5.41, 5.74) is 5.89. The van der Waals surface area contributed by atoms with E-state index in [4.69, 9.17) is 16.3 Å². The normalized spacial score (nSPS) is 15.3. The second-order valence-electron chi connectivity index (χ2n) is 7.56. The largest absolute Gasteiger partial charge is 0.497 e. The Labute approximate surface area is 185 Å². The van der Waals surface area contributed by atoms with Gasteiger partial charge in [0.15, 0.2) is 0 Å². The first kappa shape index (κ1) is 19.4. The lowest BCUT2D eigenvalue weighted by Crippen LogP contribution is -2.29. The second-order valence-corrected chi connectivity index (χ2v) is 7.99. The maximum Gasteiger partial charge on any atom is 0.277 e. The monoisotopic (exact) mass is 429 g/mol. The summed E-state index contributed by atoms with van der Waals surface area (Å²) in [5.74, 6) is 0.623. The number of aryl methyl sites for hydroxylation is 1. The quantitative estimate of drug-likeness (QED) is 0.446. The Hall–Kier alpha value is -3.57. The molecule has 0 fully saturated rings. The van der Waals surface area contributed by atoms with Gasteiger partial charge in [0, 0.05) is 21.8 Å². The van der Waals surface area contributed by atoms with Crippen LogP contribution in [0.3, 0.4) is 0 Å². The molecule has 1 amide bonds. The van der Waals surface area contributed by atoms with E-state index in [2.05, 4.69) is 10.2 Å². The Balaban J connectivity index is 1.72. The van der Waals surface area contributed by atoms with E-state index in [-0.39, 0.29) is 11.9 Å². The SMILES string of the molecule is COc1cccc(C2c3c(-c4ccc(Cl)cc4)n[nH]c3C(=O)N2c2ccc(C)cc2)c1. The van der Waals surface area contributed by atoms with Crippen LogP contribution in [-0.2, 0) is 0 Å². The number of amides is 1. The van der Waals surface area contributed by atoms with Gasteiger partial charge in [-0.1, -0.05) is 53.6 Å². The predicted molar refractivity (Wildman–Crippen MR) is 122 cm³/mol. The Kier molecular flexibility index (Phi) is 4.75. The number of carbonyl (C=O) groups is 1.